The molecule has 2 heterocycles. The van der Waals surface area contributed by atoms with Crippen LogP contribution >= 0.6 is 11.6 Å². The maximum absolute atomic E-state index is 6.13. The Morgan fingerprint density at radius 2 is 1.83 bits per heavy atom. The van der Waals surface area contributed by atoms with E-state index in [1.54, 1.807) is 24.8 Å². The summed E-state index contributed by atoms with van der Waals surface area (Å²) in [7, 11) is 0. The minimum atomic E-state index is 0.109. The molecular formula is C14H16ClN3. The number of halogens is 1. The Morgan fingerprint density at radius 3 is 2.56 bits per heavy atom. The lowest BCUT2D eigenvalue weighted by molar-refractivity contribution is 0.610. The second kappa shape index (κ2) is 6.47. The fourth-order valence-electron chi connectivity index (χ4n) is 1.86. The van der Waals surface area contributed by atoms with Gasteiger partial charge >= 0.3 is 0 Å². The molecule has 0 aliphatic carbocycles. The maximum Gasteiger partial charge on any atom is 0.0621 e. The number of pyridine rings is 2. The highest BCUT2D eigenvalue weighted by molar-refractivity contribution is 6.31. The first-order valence-corrected chi connectivity index (χ1v) is 6.36. The number of hydrogen-bond acceptors (Lipinski definition) is 3. The molecule has 0 saturated carbocycles. The Hall–Kier alpha value is -1.45. The molecule has 0 saturated heterocycles. The van der Waals surface area contributed by atoms with Gasteiger partial charge in [0.1, 0.15) is 0 Å². The fraction of sp³-hybridized carbons (Fsp3) is 0.286. The molecule has 0 amide bonds. The van der Waals surface area contributed by atoms with Gasteiger partial charge in [0, 0.05) is 30.8 Å². The summed E-state index contributed by atoms with van der Waals surface area (Å²) < 4.78 is 0. The zero-order valence-electron chi connectivity index (χ0n) is 10.1. The second-order valence-electron chi connectivity index (χ2n) is 4.33. The molecule has 1 atom stereocenters. The second-order valence-corrected chi connectivity index (χ2v) is 4.73. The molecule has 0 radical (unpaired) electrons. The first kappa shape index (κ1) is 13.0. The van der Waals surface area contributed by atoms with Crippen LogP contribution in [0.4, 0.5) is 0 Å². The number of aryl methyl sites for hydroxylation is 1. The van der Waals surface area contributed by atoms with E-state index in [0.717, 1.165) is 24.8 Å². The fourth-order valence-corrected chi connectivity index (χ4v) is 2.05. The van der Waals surface area contributed by atoms with Crippen molar-refractivity contribution in [2.75, 3.05) is 0 Å². The predicted molar refractivity (Wildman–Crippen MR) is 73.5 cm³/mol. The van der Waals surface area contributed by atoms with E-state index < -0.39 is 0 Å². The molecular weight excluding hydrogens is 246 g/mol. The Labute approximate surface area is 112 Å². The smallest absolute Gasteiger partial charge is 0.0621 e. The van der Waals surface area contributed by atoms with E-state index in [9.17, 15) is 0 Å². The van der Waals surface area contributed by atoms with Gasteiger partial charge in [-0.1, -0.05) is 11.6 Å². The highest BCUT2D eigenvalue weighted by Crippen LogP contribution is 2.16. The van der Waals surface area contributed by atoms with E-state index in [1.165, 1.54) is 5.56 Å². The van der Waals surface area contributed by atoms with Crippen LogP contribution in [0, 0.1) is 0 Å². The van der Waals surface area contributed by atoms with Gasteiger partial charge in [-0.2, -0.15) is 0 Å². The largest absolute Gasteiger partial charge is 0.327 e. The van der Waals surface area contributed by atoms with Crippen LogP contribution in [-0.4, -0.2) is 16.0 Å². The molecule has 0 fully saturated rings. The number of aromatic nitrogens is 2. The van der Waals surface area contributed by atoms with Crippen LogP contribution in [-0.2, 0) is 12.8 Å². The van der Waals surface area contributed by atoms with Crippen LogP contribution in [0.15, 0.2) is 43.0 Å². The van der Waals surface area contributed by atoms with Crippen LogP contribution in [0.1, 0.15) is 17.5 Å². The first-order valence-electron chi connectivity index (χ1n) is 5.98. The summed E-state index contributed by atoms with van der Waals surface area (Å²) in [5, 5.41) is 0.692. The molecule has 4 heteroatoms. The van der Waals surface area contributed by atoms with Crippen LogP contribution in [0.3, 0.4) is 0 Å². The molecule has 0 bridgehead atoms. The number of rotatable bonds is 5. The molecule has 2 N–H and O–H groups in total. The van der Waals surface area contributed by atoms with Crippen LogP contribution in [0.5, 0.6) is 0 Å². The molecule has 0 aliphatic rings. The van der Waals surface area contributed by atoms with Gasteiger partial charge in [0.25, 0.3) is 0 Å². The average molecular weight is 262 g/mol. The monoisotopic (exact) mass is 261 g/mol. The quantitative estimate of drug-likeness (QED) is 0.900. The van der Waals surface area contributed by atoms with Crippen molar-refractivity contribution in [3.63, 3.8) is 0 Å². The Balaban J connectivity index is 1.86. The zero-order valence-corrected chi connectivity index (χ0v) is 10.8. The lowest BCUT2D eigenvalue weighted by Gasteiger charge is -2.12. The minimum absolute atomic E-state index is 0.109. The van der Waals surface area contributed by atoms with Crippen molar-refractivity contribution in [1.29, 1.82) is 0 Å². The van der Waals surface area contributed by atoms with Crippen LogP contribution < -0.4 is 5.73 Å². The van der Waals surface area contributed by atoms with E-state index in [4.69, 9.17) is 17.3 Å². The summed E-state index contributed by atoms with van der Waals surface area (Å²) >= 11 is 6.06. The standard InChI is InChI=1S/C14H16ClN3/c15-14-10-18-8-5-12(14)9-13(16)2-1-11-3-6-17-7-4-11/h3-8,10,13H,1-2,9,16H2. The van der Waals surface area contributed by atoms with Crippen LogP contribution in [0.2, 0.25) is 5.02 Å². The van der Waals surface area contributed by atoms with E-state index in [2.05, 4.69) is 9.97 Å². The molecule has 1 unspecified atom stereocenters. The van der Waals surface area contributed by atoms with Crippen molar-refractivity contribution >= 4 is 11.6 Å². The van der Waals surface area contributed by atoms with Gasteiger partial charge < -0.3 is 5.73 Å². The third-order valence-corrected chi connectivity index (χ3v) is 3.23. The number of hydrogen-bond donors (Lipinski definition) is 1. The molecule has 2 aromatic heterocycles. The lowest BCUT2D eigenvalue weighted by Crippen LogP contribution is -2.23. The highest BCUT2D eigenvalue weighted by Gasteiger charge is 2.07. The topological polar surface area (TPSA) is 51.8 Å². The van der Waals surface area contributed by atoms with Crippen molar-refractivity contribution in [3.05, 3.63) is 59.1 Å². The van der Waals surface area contributed by atoms with E-state index in [1.807, 2.05) is 18.2 Å². The van der Waals surface area contributed by atoms with Gasteiger partial charge in [-0.05, 0) is 48.6 Å². The van der Waals surface area contributed by atoms with Crippen LogP contribution in [0.25, 0.3) is 0 Å². The summed E-state index contributed by atoms with van der Waals surface area (Å²) in [5.74, 6) is 0. The number of nitrogens with two attached hydrogens (primary N) is 1. The molecule has 94 valence electrons. The SMILES string of the molecule is NC(CCc1ccncc1)Cc1ccncc1Cl. The van der Waals surface area contributed by atoms with E-state index >= 15 is 0 Å². The predicted octanol–water partition coefficient (Wildman–Crippen LogP) is 2.63. The molecule has 2 rings (SSSR count). The molecule has 3 nitrogen and oxygen atoms in total. The molecule has 0 aliphatic heterocycles. The molecule has 18 heavy (non-hydrogen) atoms. The van der Waals surface area contributed by atoms with Gasteiger partial charge in [-0.3, -0.25) is 9.97 Å². The van der Waals surface area contributed by atoms with Crippen molar-refractivity contribution in [2.24, 2.45) is 5.73 Å². The molecule has 0 aromatic carbocycles. The average Bonchev–Trinajstić information content (AvgIpc) is 2.40. The van der Waals surface area contributed by atoms with Crippen molar-refractivity contribution < 1.29 is 0 Å². The van der Waals surface area contributed by atoms with Crippen molar-refractivity contribution in [3.8, 4) is 0 Å². The van der Waals surface area contributed by atoms with Gasteiger partial charge in [0.2, 0.25) is 0 Å². The normalized spacial score (nSPS) is 12.3. The summed E-state index contributed by atoms with van der Waals surface area (Å²) in [5.41, 5.74) is 8.46. The van der Waals surface area contributed by atoms with Gasteiger partial charge in [-0.15, -0.1) is 0 Å². The lowest BCUT2D eigenvalue weighted by atomic mass is 10.0. The third-order valence-electron chi connectivity index (χ3n) is 2.89. The Bertz CT molecular complexity index is 487. The third kappa shape index (κ3) is 3.79. The molecule has 0 spiro atoms. The summed E-state index contributed by atoms with van der Waals surface area (Å²) in [6.07, 6.45) is 9.70. The number of nitrogens with zero attached hydrogens (tertiary/aromatic N) is 2. The van der Waals surface area contributed by atoms with Crippen molar-refractivity contribution in [2.45, 2.75) is 25.3 Å². The maximum atomic E-state index is 6.13. The highest BCUT2D eigenvalue weighted by atomic mass is 35.5. The zero-order chi connectivity index (χ0) is 12.8. The van der Waals surface area contributed by atoms with Gasteiger partial charge in [0.05, 0.1) is 5.02 Å². The van der Waals surface area contributed by atoms with Gasteiger partial charge in [-0.25, -0.2) is 0 Å². The van der Waals surface area contributed by atoms with Crippen molar-refractivity contribution in [1.82, 2.24) is 9.97 Å². The van der Waals surface area contributed by atoms with E-state index in [0.29, 0.717) is 5.02 Å². The van der Waals surface area contributed by atoms with E-state index in [-0.39, 0.29) is 6.04 Å². The first-order chi connectivity index (χ1) is 8.75. The minimum Gasteiger partial charge on any atom is -0.327 e. The Morgan fingerprint density at radius 1 is 1.11 bits per heavy atom. The van der Waals surface area contributed by atoms with Gasteiger partial charge in [0.15, 0.2) is 0 Å². The summed E-state index contributed by atoms with van der Waals surface area (Å²) in [6.45, 7) is 0. The Kier molecular flexibility index (Phi) is 4.67. The summed E-state index contributed by atoms with van der Waals surface area (Å²) in [6, 6.07) is 6.07. The summed E-state index contributed by atoms with van der Waals surface area (Å²) in [4.78, 5) is 7.96. The molecule has 2 aromatic rings.